The standard InChI is InChI=1S/C18H25N5.C2H6/c1-15-6-8-19-18(20-15)21-17-5-3-4-16(14-17)7-9-23-12-10-22(2)11-13-23;1-2/h3-6,8,14H,7,9-13H2,1-2H3,(H,19,20,21);1-2H3. The van der Waals surface area contributed by atoms with E-state index >= 15 is 0 Å². The summed E-state index contributed by atoms with van der Waals surface area (Å²) in [6, 6.07) is 10.4. The fourth-order valence-corrected chi connectivity index (χ4v) is 2.80. The molecule has 0 bridgehead atoms. The Bertz CT molecular complexity index is 635. The van der Waals surface area contributed by atoms with Gasteiger partial charge in [-0.3, -0.25) is 0 Å². The molecule has 5 nitrogen and oxygen atoms in total. The van der Waals surface area contributed by atoms with Crippen LogP contribution in [0, 0.1) is 6.92 Å². The molecule has 1 N–H and O–H groups in total. The molecule has 0 atom stereocenters. The number of nitrogens with zero attached hydrogens (tertiary/aromatic N) is 4. The fourth-order valence-electron chi connectivity index (χ4n) is 2.80. The third-order valence-electron chi connectivity index (χ3n) is 4.29. The lowest BCUT2D eigenvalue weighted by atomic mass is 10.1. The number of hydrogen-bond acceptors (Lipinski definition) is 5. The first-order valence-corrected chi connectivity index (χ1v) is 9.25. The van der Waals surface area contributed by atoms with Gasteiger partial charge in [0, 0.05) is 50.3 Å². The Balaban J connectivity index is 0.00000109. The van der Waals surface area contributed by atoms with Gasteiger partial charge in [-0.1, -0.05) is 26.0 Å². The lowest BCUT2D eigenvalue weighted by Crippen LogP contribution is -2.45. The summed E-state index contributed by atoms with van der Waals surface area (Å²) in [4.78, 5) is 13.6. The van der Waals surface area contributed by atoms with E-state index in [1.807, 2.05) is 26.8 Å². The van der Waals surface area contributed by atoms with Crippen LogP contribution in [0.25, 0.3) is 0 Å². The highest BCUT2D eigenvalue weighted by Gasteiger charge is 2.13. The average Bonchev–Trinajstić information content (AvgIpc) is 2.63. The van der Waals surface area contributed by atoms with E-state index in [1.54, 1.807) is 6.20 Å². The number of likely N-dealkylation sites (N-methyl/N-ethyl adjacent to an activating group) is 1. The zero-order valence-corrected chi connectivity index (χ0v) is 16.0. The molecule has 1 saturated heterocycles. The highest BCUT2D eigenvalue weighted by atomic mass is 15.2. The molecule has 2 aromatic rings. The summed E-state index contributed by atoms with van der Waals surface area (Å²) < 4.78 is 0. The predicted molar refractivity (Wildman–Crippen MR) is 105 cm³/mol. The SMILES string of the molecule is CC.Cc1ccnc(Nc2cccc(CCN3CCN(C)CC3)c2)n1. The largest absolute Gasteiger partial charge is 0.324 e. The van der Waals surface area contributed by atoms with Crippen LogP contribution in [0.2, 0.25) is 0 Å². The Kier molecular flexibility index (Phi) is 7.82. The Morgan fingerprint density at radius 3 is 2.56 bits per heavy atom. The number of benzene rings is 1. The van der Waals surface area contributed by atoms with Gasteiger partial charge >= 0.3 is 0 Å². The summed E-state index contributed by atoms with van der Waals surface area (Å²) in [6.07, 6.45) is 2.86. The maximum atomic E-state index is 4.39. The maximum Gasteiger partial charge on any atom is 0.227 e. The van der Waals surface area contributed by atoms with Gasteiger partial charge in [0.25, 0.3) is 0 Å². The molecule has 0 unspecified atom stereocenters. The second kappa shape index (κ2) is 10.1. The molecule has 0 amide bonds. The van der Waals surface area contributed by atoms with E-state index in [0.717, 1.165) is 24.3 Å². The van der Waals surface area contributed by atoms with Crippen molar-refractivity contribution in [3.05, 3.63) is 47.8 Å². The fraction of sp³-hybridized carbons (Fsp3) is 0.500. The Labute approximate surface area is 152 Å². The van der Waals surface area contributed by atoms with Gasteiger partial charge in [-0.2, -0.15) is 0 Å². The Morgan fingerprint density at radius 1 is 1.08 bits per heavy atom. The molecule has 1 aliphatic heterocycles. The van der Waals surface area contributed by atoms with E-state index in [9.17, 15) is 0 Å². The van der Waals surface area contributed by atoms with Gasteiger partial charge in [-0.05, 0) is 44.2 Å². The lowest BCUT2D eigenvalue weighted by molar-refractivity contribution is 0.155. The zero-order chi connectivity index (χ0) is 18.1. The van der Waals surface area contributed by atoms with Gasteiger partial charge in [0.15, 0.2) is 0 Å². The van der Waals surface area contributed by atoms with E-state index in [1.165, 1.54) is 31.7 Å². The van der Waals surface area contributed by atoms with Crippen LogP contribution in [0.4, 0.5) is 11.6 Å². The molecule has 5 heteroatoms. The summed E-state index contributed by atoms with van der Waals surface area (Å²) in [7, 11) is 2.19. The van der Waals surface area contributed by atoms with Gasteiger partial charge in [-0.25, -0.2) is 9.97 Å². The molecule has 1 fully saturated rings. The van der Waals surface area contributed by atoms with Crippen molar-refractivity contribution in [1.82, 2.24) is 19.8 Å². The van der Waals surface area contributed by atoms with Crippen LogP contribution in [-0.4, -0.2) is 59.5 Å². The normalized spacial score (nSPS) is 15.4. The van der Waals surface area contributed by atoms with Crippen molar-refractivity contribution in [2.45, 2.75) is 27.2 Å². The van der Waals surface area contributed by atoms with E-state index in [0.29, 0.717) is 5.95 Å². The van der Waals surface area contributed by atoms with Crippen molar-refractivity contribution in [2.75, 3.05) is 45.1 Å². The average molecular weight is 342 g/mol. The number of aromatic nitrogens is 2. The van der Waals surface area contributed by atoms with E-state index < -0.39 is 0 Å². The van der Waals surface area contributed by atoms with E-state index in [2.05, 4.69) is 56.4 Å². The second-order valence-electron chi connectivity index (χ2n) is 6.24. The minimum absolute atomic E-state index is 0.654. The second-order valence-corrected chi connectivity index (χ2v) is 6.24. The first-order valence-electron chi connectivity index (χ1n) is 9.25. The molecular weight excluding hydrogens is 310 g/mol. The quantitative estimate of drug-likeness (QED) is 0.903. The molecule has 1 aromatic heterocycles. The van der Waals surface area contributed by atoms with Gasteiger partial charge in [-0.15, -0.1) is 0 Å². The van der Waals surface area contributed by atoms with Crippen molar-refractivity contribution in [1.29, 1.82) is 0 Å². The Morgan fingerprint density at radius 2 is 1.84 bits per heavy atom. The topological polar surface area (TPSA) is 44.3 Å². The van der Waals surface area contributed by atoms with Crippen molar-refractivity contribution in [2.24, 2.45) is 0 Å². The highest BCUT2D eigenvalue weighted by molar-refractivity contribution is 5.54. The summed E-state index contributed by atoms with van der Waals surface area (Å²) in [5, 5.41) is 3.29. The lowest BCUT2D eigenvalue weighted by Gasteiger charge is -2.32. The number of hydrogen-bond donors (Lipinski definition) is 1. The molecule has 3 rings (SSSR count). The van der Waals surface area contributed by atoms with E-state index in [-0.39, 0.29) is 0 Å². The molecule has 2 heterocycles. The molecule has 0 spiro atoms. The maximum absolute atomic E-state index is 4.39. The first-order chi connectivity index (χ1) is 12.2. The van der Waals surface area contributed by atoms with Crippen LogP contribution in [0.15, 0.2) is 36.5 Å². The number of aryl methyl sites for hydroxylation is 1. The van der Waals surface area contributed by atoms with E-state index in [4.69, 9.17) is 0 Å². The summed E-state index contributed by atoms with van der Waals surface area (Å²) in [5.74, 6) is 0.654. The molecule has 0 radical (unpaired) electrons. The Hall–Kier alpha value is -1.98. The summed E-state index contributed by atoms with van der Waals surface area (Å²) >= 11 is 0. The highest BCUT2D eigenvalue weighted by Crippen LogP contribution is 2.15. The monoisotopic (exact) mass is 341 g/mol. The van der Waals surface area contributed by atoms with Gasteiger partial charge < -0.3 is 15.1 Å². The summed E-state index contributed by atoms with van der Waals surface area (Å²) in [6.45, 7) is 11.8. The number of piperazine rings is 1. The molecular formula is C20H31N5. The summed E-state index contributed by atoms with van der Waals surface area (Å²) in [5.41, 5.74) is 3.36. The predicted octanol–water partition coefficient (Wildman–Crippen LogP) is 3.34. The first kappa shape index (κ1) is 19.3. The van der Waals surface area contributed by atoms with Crippen molar-refractivity contribution >= 4 is 11.6 Å². The van der Waals surface area contributed by atoms with Crippen LogP contribution in [0.1, 0.15) is 25.1 Å². The van der Waals surface area contributed by atoms with Gasteiger partial charge in [0.2, 0.25) is 5.95 Å². The van der Waals surface area contributed by atoms with Crippen molar-refractivity contribution in [3.63, 3.8) is 0 Å². The van der Waals surface area contributed by atoms with Gasteiger partial charge in [0.05, 0.1) is 0 Å². The number of anilines is 2. The van der Waals surface area contributed by atoms with Gasteiger partial charge in [0.1, 0.15) is 0 Å². The minimum Gasteiger partial charge on any atom is -0.324 e. The molecule has 0 aliphatic carbocycles. The molecule has 25 heavy (non-hydrogen) atoms. The molecule has 0 saturated carbocycles. The number of rotatable bonds is 5. The smallest absolute Gasteiger partial charge is 0.227 e. The third-order valence-corrected chi connectivity index (χ3v) is 4.29. The van der Waals surface area contributed by atoms with Crippen LogP contribution < -0.4 is 5.32 Å². The van der Waals surface area contributed by atoms with Crippen LogP contribution in [0.5, 0.6) is 0 Å². The van der Waals surface area contributed by atoms with Crippen molar-refractivity contribution < 1.29 is 0 Å². The minimum atomic E-state index is 0.654. The number of nitrogens with one attached hydrogen (secondary N) is 1. The van der Waals surface area contributed by atoms with Crippen LogP contribution in [0.3, 0.4) is 0 Å². The molecule has 136 valence electrons. The van der Waals surface area contributed by atoms with Crippen molar-refractivity contribution in [3.8, 4) is 0 Å². The third kappa shape index (κ3) is 6.44. The molecule has 1 aliphatic rings. The van der Waals surface area contributed by atoms with Crippen LogP contribution in [-0.2, 0) is 6.42 Å². The molecule has 1 aromatic carbocycles. The zero-order valence-electron chi connectivity index (χ0n) is 16.0. The van der Waals surface area contributed by atoms with Crippen LogP contribution >= 0.6 is 0 Å².